The smallest absolute Gasteiger partial charge is 0.167 e. The van der Waals surface area contributed by atoms with E-state index in [1.54, 1.807) is 22.7 Å². The molecule has 4 unspecified atom stereocenters. The van der Waals surface area contributed by atoms with Crippen molar-refractivity contribution in [1.82, 2.24) is 0 Å². The van der Waals surface area contributed by atoms with Gasteiger partial charge in [-0.3, -0.25) is 9.59 Å². The van der Waals surface area contributed by atoms with Crippen LogP contribution in [0.2, 0.25) is 0 Å². The van der Waals surface area contributed by atoms with Crippen molar-refractivity contribution in [1.29, 1.82) is 0 Å². The molecular formula is C30H20O2S6. The Bertz CT molecular complexity index is 1780. The first-order valence-electron chi connectivity index (χ1n) is 12.8. The molecule has 0 amide bonds. The summed E-state index contributed by atoms with van der Waals surface area (Å²) >= 11 is 10.9. The average Bonchev–Trinajstić information content (AvgIpc) is 3.70. The summed E-state index contributed by atoms with van der Waals surface area (Å²) in [5, 5.41) is 0. The summed E-state index contributed by atoms with van der Waals surface area (Å²) < 4.78 is 5.33. The lowest BCUT2D eigenvalue weighted by Gasteiger charge is -2.33. The van der Waals surface area contributed by atoms with Crippen molar-refractivity contribution in [3.8, 4) is 19.5 Å². The topological polar surface area (TPSA) is 34.1 Å². The number of aryl methyl sites for hydroxylation is 2. The number of rotatable bonds is 2. The predicted molar refractivity (Wildman–Crippen MR) is 166 cm³/mol. The Morgan fingerprint density at radius 3 is 1.32 bits per heavy atom. The van der Waals surface area contributed by atoms with E-state index in [9.17, 15) is 9.59 Å². The van der Waals surface area contributed by atoms with E-state index < -0.39 is 0 Å². The molecule has 0 radical (unpaired) electrons. The normalized spacial score (nSPS) is 23.9. The molecule has 0 aliphatic heterocycles. The maximum atomic E-state index is 13.7. The van der Waals surface area contributed by atoms with Gasteiger partial charge in [0.15, 0.2) is 11.6 Å². The van der Waals surface area contributed by atoms with Crippen LogP contribution in [0.5, 0.6) is 0 Å². The Kier molecular flexibility index (Phi) is 4.71. The first kappa shape index (κ1) is 22.8. The SMILES string of the molecule is Cc1cc2sc(-c3cc4c(s3)C3CC5C(=O)c6cc(-c7cc8sc(C)cc8s7)sc6C5CC3C4=O)cc2s1. The molecule has 2 nitrogen and oxygen atoms in total. The molecule has 4 atom stereocenters. The second-order valence-electron chi connectivity index (χ2n) is 10.8. The Morgan fingerprint density at radius 1 is 0.500 bits per heavy atom. The number of carbonyl (C=O) groups excluding carboxylic acids is 2. The maximum absolute atomic E-state index is 13.7. The van der Waals surface area contributed by atoms with E-state index in [2.05, 4.69) is 50.2 Å². The number of hydrogen-bond acceptors (Lipinski definition) is 8. The van der Waals surface area contributed by atoms with Gasteiger partial charge in [0.05, 0.1) is 0 Å². The zero-order valence-electron chi connectivity index (χ0n) is 20.5. The standard InChI is InChI=1S/C30H20O2S6/c1-11-3-19-23(33-11)9-25(35-19)21-7-17-27(31)13-6-16-14(5-15(13)29(17)37-21)28(32)18-8-22(38-30(16)18)26-10-24-20(36-26)4-12(2)34-24/h3-4,7-10,13-16H,5-6H2,1-2H3. The highest BCUT2D eigenvalue weighted by Gasteiger charge is 2.53. The molecule has 6 heterocycles. The molecule has 0 bridgehead atoms. The van der Waals surface area contributed by atoms with Gasteiger partial charge in [0.1, 0.15) is 0 Å². The summed E-state index contributed by atoms with van der Waals surface area (Å²) in [6, 6.07) is 13.4. The summed E-state index contributed by atoms with van der Waals surface area (Å²) in [6.45, 7) is 4.31. The molecule has 188 valence electrons. The van der Waals surface area contributed by atoms with Crippen LogP contribution in [0.1, 0.15) is 64.9 Å². The van der Waals surface area contributed by atoms with Crippen LogP contribution < -0.4 is 0 Å². The van der Waals surface area contributed by atoms with Gasteiger partial charge in [-0.1, -0.05) is 0 Å². The number of ketones is 2. The van der Waals surface area contributed by atoms with Gasteiger partial charge < -0.3 is 0 Å². The lowest BCUT2D eigenvalue weighted by atomic mass is 9.70. The van der Waals surface area contributed by atoms with Crippen molar-refractivity contribution in [3.05, 3.63) is 67.0 Å². The van der Waals surface area contributed by atoms with Crippen molar-refractivity contribution in [2.45, 2.75) is 38.5 Å². The zero-order chi connectivity index (χ0) is 25.4. The monoisotopic (exact) mass is 604 g/mol. The van der Waals surface area contributed by atoms with Crippen LogP contribution in [0, 0.1) is 25.7 Å². The van der Waals surface area contributed by atoms with Crippen LogP contribution in [0.25, 0.3) is 38.3 Å². The predicted octanol–water partition coefficient (Wildman–Crippen LogP) is 10.6. The van der Waals surface area contributed by atoms with Gasteiger partial charge in [0, 0.05) is 92.6 Å². The largest absolute Gasteiger partial charge is 0.294 e. The molecule has 0 saturated heterocycles. The van der Waals surface area contributed by atoms with Crippen molar-refractivity contribution < 1.29 is 9.59 Å². The molecule has 3 aliphatic carbocycles. The first-order chi connectivity index (χ1) is 18.4. The van der Waals surface area contributed by atoms with Crippen LogP contribution in [0.3, 0.4) is 0 Å². The van der Waals surface area contributed by atoms with Crippen LogP contribution >= 0.6 is 68.0 Å². The van der Waals surface area contributed by atoms with E-state index in [1.807, 2.05) is 45.3 Å². The van der Waals surface area contributed by atoms with E-state index in [0.717, 1.165) is 24.0 Å². The van der Waals surface area contributed by atoms with Crippen molar-refractivity contribution >= 4 is 98.4 Å². The van der Waals surface area contributed by atoms with Gasteiger partial charge in [-0.05, 0) is 63.1 Å². The highest BCUT2D eigenvalue weighted by molar-refractivity contribution is 7.32. The molecule has 9 rings (SSSR count). The quantitative estimate of drug-likeness (QED) is 0.197. The number of fused-ring (bicyclic) bond motifs is 8. The Balaban J connectivity index is 1.04. The lowest BCUT2D eigenvalue weighted by Crippen LogP contribution is -2.29. The number of Topliss-reactive ketones (excluding diaryl/α,β-unsaturated/α-hetero) is 2. The molecule has 1 fully saturated rings. The second kappa shape index (κ2) is 7.83. The molecule has 0 aromatic carbocycles. The van der Waals surface area contributed by atoms with Crippen molar-refractivity contribution in [2.24, 2.45) is 11.8 Å². The number of hydrogen-bond donors (Lipinski definition) is 0. The van der Waals surface area contributed by atoms with E-state index in [4.69, 9.17) is 0 Å². The third-order valence-corrected chi connectivity index (χ3v) is 15.9. The third-order valence-electron chi connectivity index (χ3n) is 8.53. The van der Waals surface area contributed by atoms with Gasteiger partial charge in [-0.25, -0.2) is 0 Å². The van der Waals surface area contributed by atoms with Gasteiger partial charge in [0.2, 0.25) is 0 Å². The fourth-order valence-electron chi connectivity index (χ4n) is 6.91. The molecule has 3 aliphatic rings. The van der Waals surface area contributed by atoms with Gasteiger partial charge in [0.25, 0.3) is 0 Å². The molecule has 38 heavy (non-hydrogen) atoms. The zero-order valence-corrected chi connectivity index (χ0v) is 25.4. The second-order valence-corrected chi connectivity index (χ2v) is 17.7. The lowest BCUT2D eigenvalue weighted by molar-refractivity contribution is 0.0790. The van der Waals surface area contributed by atoms with Crippen LogP contribution in [-0.4, -0.2) is 11.6 Å². The molecule has 0 spiro atoms. The van der Waals surface area contributed by atoms with Gasteiger partial charge in [-0.15, -0.1) is 68.0 Å². The minimum Gasteiger partial charge on any atom is -0.294 e. The van der Waals surface area contributed by atoms with Crippen LogP contribution in [0.4, 0.5) is 0 Å². The van der Waals surface area contributed by atoms with E-state index >= 15 is 0 Å². The summed E-state index contributed by atoms with van der Waals surface area (Å²) in [5.41, 5.74) is 1.86. The molecular weight excluding hydrogens is 585 g/mol. The summed E-state index contributed by atoms with van der Waals surface area (Å²) in [5.74, 6) is 1.08. The summed E-state index contributed by atoms with van der Waals surface area (Å²) in [7, 11) is 0. The average molecular weight is 605 g/mol. The van der Waals surface area contributed by atoms with Crippen LogP contribution in [-0.2, 0) is 0 Å². The molecule has 6 aromatic rings. The maximum Gasteiger partial charge on any atom is 0.167 e. The van der Waals surface area contributed by atoms with Crippen molar-refractivity contribution in [2.75, 3.05) is 0 Å². The fraction of sp³-hybridized carbons (Fsp3) is 0.267. The third kappa shape index (κ3) is 3.07. The molecule has 0 N–H and O–H groups in total. The Morgan fingerprint density at radius 2 is 0.895 bits per heavy atom. The van der Waals surface area contributed by atoms with Gasteiger partial charge >= 0.3 is 0 Å². The fourth-order valence-corrected chi connectivity index (χ4v) is 14.4. The van der Waals surface area contributed by atoms with Crippen LogP contribution in [0.15, 0.2) is 36.4 Å². The van der Waals surface area contributed by atoms with E-state index in [1.165, 1.54) is 57.8 Å². The summed E-state index contributed by atoms with van der Waals surface area (Å²) in [4.78, 5) is 37.5. The highest BCUT2D eigenvalue weighted by Crippen LogP contribution is 2.61. The Labute approximate surface area is 243 Å². The molecule has 6 aromatic heterocycles. The summed E-state index contributed by atoms with van der Waals surface area (Å²) in [6.07, 6.45) is 1.63. The van der Waals surface area contributed by atoms with E-state index in [-0.39, 0.29) is 23.7 Å². The van der Waals surface area contributed by atoms with Crippen molar-refractivity contribution in [3.63, 3.8) is 0 Å². The minimum atomic E-state index is 0.0281. The number of thiophene rings is 6. The minimum absolute atomic E-state index is 0.0281. The highest BCUT2D eigenvalue weighted by atomic mass is 32.1. The molecule has 1 saturated carbocycles. The Hall–Kier alpha value is -1.94. The molecule has 8 heteroatoms. The first-order valence-corrected chi connectivity index (χ1v) is 17.7. The van der Waals surface area contributed by atoms with Gasteiger partial charge in [-0.2, -0.15) is 0 Å². The van der Waals surface area contributed by atoms with E-state index in [0.29, 0.717) is 11.6 Å². The number of carbonyl (C=O) groups is 2.